The molecular weight excluding hydrogens is 572 g/mol. The fraction of sp³-hybridized carbons (Fsp3) is 0.464. The SMILES string of the molecule is N#Cc1cc(Nc2nc(NC3CC3)c3ncc(C#N)n3n2)c(Cl)c(N2CCN(C3CN(C(=O)C4CCC(=O)N4)C3)CC2)c1. The van der Waals surface area contributed by atoms with Crippen molar-refractivity contribution < 1.29 is 9.59 Å². The number of nitrogens with one attached hydrogen (secondary N) is 3. The zero-order valence-electron chi connectivity index (χ0n) is 23.3. The van der Waals surface area contributed by atoms with Gasteiger partial charge in [0.15, 0.2) is 17.2 Å². The Morgan fingerprint density at radius 3 is 2.56 bits per heavy atom. The number of fused-ring (bicyclic) bond motifs is 1. The van der Waals surface area contributed by atoms with E-state index in [0.717, 1.165) is 31.6 Å². The van der Waals surface area contributed by atoms with Gasteiger partial charge in [0, 0.05) is 57.8 Å². The normalized spacial score (nSPS) is 20.8. The lowest BCUT2D eigenvalue weighted by Crippen LogP contribution is -2.66. The number of carbonyl (C=O) groups is 2. The lowest BCUT2D eigenvalue weighted by molar-refractivity contribution is -0.141. The molecule has 1 aliphatic carbocycles. The molecule has 3 aliphatic heterocycles. The molecule has 0 radical (unpaired) electrons. The van der Waals surface area contributed by atoms with E-state index in [1.54, 1.807) is 12.1 Å². The minimum Gasteiger partial charge on any atom is -0.368 e. The summed E-state index contributed by atoms with van der Waals surface area (Å²) < 4.78 is 1.45. The number of aromatic nitrogens is 4. The first-order chi connectivity index (χ1) is 20.9. The number of hydrogen-bond acceptors (Lipinski definition) is 11. The number of rotatable bonds is 7. The third-order valence-corrected chi connectivity index (χ3v) is 8.86. The van der Waals surface area contributed by atoms with Crippen molar-refractivity contribution in [2.24, 2.45) is 0 Å². The minimum absolute atomic E-state index is 0.0105. The number of piperazine rings is 1. The highest BCUT2D eigenvalue weighted by atomic mass is 35.5. The molecule has 14 nitrogen and oxygen atoms in total. The van der Waals surface area contributed by atoms with Gasteiger partial charge in [0.2, 0.25) is 17.8 Å². The Balaban J connectivity index is 1.05. The van der Waals surface area contributed by atoms with Crippen molar-refractivity contribution in [1.29, 1.82) is 10.5 Å². The number of nitrogens with zero attached hydrogens (tertiary/aromatic N) is 9. The molecule has 1 atom stereocenters. The molecule has 1 aromatic carbocycles. The van der Waals surface area contributed by atoms with E-state index in [1.807, 2.05) is 4.90 Å². The van der Waals surface area contributed by atoms with Gasteiger partial charge in [0.25, 0.3) is 0 Å². The lowest BCUT2D eigenvalue weighted by Gasteiger charge is -2.49. The van der Waals surface area contributed by atoms with Crippen LogP contribution in [0.1, 0.15) is 36.9 Å². The molecule has 3 N–H and O–H groups in total. The smallest absolute Gasteiger partial charge is 0.247 e. The van der Waals surface area contributed by atoms with Gasteiger partial charge in [-0.25, -0.2) is 4.98 Å². The van der Waals surface area contributed by atoms with Crippen LogP contribution in [0.5, 0.6) is 0 Å². The summed E-state index contributed by atoms with van der Waals surface area (Å²) in [7, 11) is 0. The largest absolute Gasteiger partial charge is 0.368 e. The van der Waals surface area contributed by atoms with Crippen LogP contribution < -0.4 is 20.9 Å². The van der Waals surface area contributed by atoms with Gasteiger partial charge >= 0.3 is 0 Å². The molecule has 3 aromatic rings. The van der Waals surface area contributed by atoms with Gasteiger partial charge in [0.1, 0.15) is 12.1 Å². The van der Waals surface area contributed by atoms with Crippen LogP contribution in [0.25, 0.3) is 5.65 Å². The van der Waals surface area contributed by atoms with Crippen LogP contribution in [0.15, 0.2) is 18.3 Å². The molecule has 4 aliphatic rings. The molecule has 1 saturated carbocycles. The Hall–Kier alpha value is -4.66. The van der Waals surface area contributed by atoms with E-state index in [2.05, 4.69) is 53.0 Å². The molecule has 5 heterocycles. The van der Waals surface area contributed by atoms with Crippen LogP contribution in [0.4, 0.5) is 23.1 Å². The molecular formula is C28H29ClN12O2. The monoisotopic (exact) mass is 600 g/mol. The third-order valence-electron chi connectivity index (χ3n) is 8.46. The molecule has 15 heteroatoms. The van der Waals surface area contributed by atoms with Crippen molar-refractivity contribution >= 4 is 52.2 Å². The van der Waals surface area contributed by atoms with Crippen LogP contribution in [-0.4, -0.2) is 98.6 Å². The molecule has 2 aromatic heterocycles. The van der Waals surface area contributed by atoms with E-state index in [1.165, 1.54) is 10.7 Å². The molecule has 0 spiro atoms. The molecule has 2 amide bonds. The Kier molecular flexibility index (Phi) is 6.88. The fourth-order valence-electron chi connectivity index (χ4n) is 5.86. The maximum Gasteiger partial charge on any atom is 0.247 e. The average Bonchev–Trinajstić information content (AvgIpc) is 3.53. The van der Waals surface area contributed by atoms with E-state index >= 15 is 0 Å². The predicted molar refractivity (Wildman–Crippen MR) is 157 cm³/mol. The topological polar surface area (TPSA) is 171 Å². The van der Waals surface area contributed by atoms with E-state index in [0.29, 0.717) is 72.8 Å². The number of imidazole rings is 1. The number of halogens is 1. The maximum absolute atomic E-state index is 12.7. The highest BCUT2D eigenvalue weighted by Crippen LogP contribution is 2.37. The van der Waals surface area contributed by atoms with Crippen molar-refractivity contribution in [3.8, 4) is 12.1 Å². The summed E-state index contributed by atoms with van der Waals surface area (Å²) in [4.78, 5) is 39.4. The predicted octanol–water partition coefficient (Wildman–Crippen LogP) is 1.45. The highest BCUT2D eigenvalue weighted by molar-refractivity contribution is 6.36. The Labute approximate surface area is 252 Å². The molecule has 0 bridgehead atoms. The minimum atomic E-state index is -0.385. The van der Waals surface area contributed by atoms with E-state index in [9.17, 15) is 20.1 Å². The molecule has 1 unspecified atom stereocenters. The Morgan fingerprint density at radius 1 is 1.09 bits per heavy atom. The number of benzene rings is 1. The summed E-state index contributed by atoms with van der Waals surface area (Å²) >= 11 is 6.93. The van der Waals surface area contributed by atoms with Crippen molar-refractivity contribution in [2.75, 3.05) is 54.8 Å². The van der Waals surface area contributed by atoms with Gasteiger partial charge in [-0.3, -0.25) is 14.5 Å². The summed E-state index contributed by atoms with van der Waals surface area (Å²) in [5.74, 6) is 0.699. The number of anilines is 4. The summed E-state index contributed by atoms with van der Waals surface area (Å²) in [6.07, 6.45) is 4.51. The van der Waals surface area contributed by atoms with Gasteiger partial charge in [-0.2, -0.15) is 20.0 Å². The van der Waals surface area contributed by atoms with Crippen molar-refractivity contribution in [3.05, 3.63) is 34.6 Å². The van der Waals surface area contributed by atoms with Crippen LogP contribution in [-0.2, 0) is 9.59 Å². The maximum atomic E-state index is 12.7. The van der Waals surface area contributed by atoms with Crippen LogP contribution in [0.3, 0.4) is 0 Å². The number of nitriles is 2. The quantitative estimate of drug-likeness (QED) is 0.358. The van der Waals surface area contributed by atoms with E-state index in [4.69, 9.17) is 11.6 Å². The summed E-state index contributed by atoms with van der Waals surface area (Å²) in [6.45, 7) is 4.31. The Bertz CT molecular complexity index is 1690. The number of likely N-dealkylation sites (tertiary alicyclic amines) is 1. The number of hydrogen-bond donors (Lipinski definition) is 3. The third kappa shape index (κ3) is 5.24. The first-order valence-corrected chi connectivity index (χ1v) is 14.8. The second kappa shape index (κ2) is 10.9. The van der Waals surface area contributed by atoms with Crippen molar-refractivity contribution in [2.45, 2.75) is 43.8 Å². The van der Waals surface area contributed by atoms with Gasteiger partial charge in [0.05, 0.1) is 34.2 Å². The molecule has 3 saturated heterocycles. The number of carbonyl (C=O) groups excluding carboxylic acids is 2. The molecule has 7 rings (SSSR count). The van der Waals surface area contributed by atoms with Crippen molar-refractivity contribution in [3.63, 3.8) is 0 Å². The first kappa shape index (κ1) is 27.2. The molecule has 43 heavy (non-hydrogen) atoms. The Morgan fingerprint density at radius 2 is 1.88 bits per heavy atom. The second-order valence-electron chi connectivity index (χ2n) is 11.4. The van der Waals surface area contributed by atoms with Gasteiger partial charge < -0.3 is 25.8 Å². The number of amides is 2. The van der Waals surface area contributed by atoms with Gasteiger partial charge in [-0.15, -0.1) is 5.10 Å². The highest BCUT2D eigenvalue weighted by Gasteiger charge is 2.40. The van der Waals surface area contributed by atoms with Crippen LogP contribution in [0.2, 0.25) is 5.02 Å². The lowest BCUT2D eigenvalue weighted by atomic mass is 10.0. The second-order valence-corrected chi connectivity index (χ2v) is 11.7. The van der Waals surface area contributed by atoms with Gasteiger partial charge in [-0.05, 0) is 31.4 Å². The van der Waals surface area contributed by atoms with E-state index < -0.39 is 0 Å². The van der Waals surface area contributed by atoms with Gasteiger partial charge in [-0.1, -0.05) is 11.6 Å². The zero-order chi connectivity index (χ0) is 29.7. The standard InChI is InChI=1S/C28H29ClN12O2/c29-24-21(35-28-36-25(33-17-1-2-17)26-32-13-18(12-31)41(26)37-28)9-16(11-30)10-22(24)39-7-5-38(6-8-39)19-14-40(15-19)27(43)20-3-4-23(42)34-20/h9-10,13,17,19-20H,1-8,14-15H2,(H,34,42)(H2,33,35,36,37). The zero-order valence-corrected chi connectivity index (χ0v) is 24.0. The van der Waals surface area contributed by atoms with Crippen LogP contribution >= 0.6 is 11.6 Å². The molecule has 220 valence electrons. The van der Waals surface area contributed by atoms with Crippen LogP contribution in [0, 0.1) is 22.7 Å². The summed E-state index contributed by atoms with van der Waals surface area (Å²) in [5.41, 5.74) is 2.41. The van der Waals surface area contributed by atoms with Crippen molar-refractivity contribution in [1.82, 2.24) is 34.7 Å². The average molecular weight is 601 g/mol. The summed E-state index contributed by atoms with van der Waals surface area (Å²) in [5, 5.41) is 33.5. The molecule has 4 fully saturated rings. The van der Waals surface area contributed by atoms with E-state index in [-0.39, 0.29) is 35.5 Å². The summed E-state index contributed by atoms with van der Waals surface area (Å²) in [6, 6.07) is 7.99. The first-order valence-electron chi connectivity index (χ1n) is 14.4. The fourth-order valence-corrected chi connectivity index (χ4v) is 6.13.